The fraction of sp³-hybridized carbons (Fsp3) is 1.00. The van der Waals surface area contributed by atoms with Crippen LogP contribution in [0.5, 0.6) is 0 Å². The average Bonchev–Trinajstić information content (AvgIpc) is 2.03. The third-order valence-electron chi connectivity index (χ3n) is 3.11. The predicted molar refractivity (Wildman–Crippen MR) is 49.0 cm³/mol. The normalized spacial score (nSPS) is 33.2. The van der Waals surface area contributed by atoms with Crippen molar-refractivity contribution in [1.29, 1.82) is 0 Å². The Balaban J connectivity index is 1.85. The Labute approximate surface area is 74.7 Å². The quantitative estimate of drug-likeness (QED) is 0.683. The zero-order valence-electron chi connectivity index (χ0n) is 7.94. The van der Waals surface area contributed by atoms with Gasteiger partial charge in [0, 0.05) is 6.04 Å². The Morgan fingerprint density at radius 2 is 2.33 bits per heavy atom. The highest BCUT2D eigenvalue weighted by atomic mass is 16.5. The van der Waals surface area contributed by atoms with Gasteiger partial charge in [-0.3, -0.25) is 5.32 Å². The van der Waals surface area contributed by atoms with Gasteiger partial charge in [0.1, 0.15) is 5.72 Å². The van der Waals surface area contributed by atoms with E-state index in [1.54, 1.807) is 0 Å². The molecule has 2 nitrogen and oxygen atoms in total. The molecule has 0 bridgehead atoms. The molecule has 2 rings (SSSR count). The van der Waals surface area contributed by atoms with E-state index < -0.39 is 0 Å². The van der Waals surface area contributed by atoms with Gasteiger partial charge >= 0.3 is 0 Å². The molecule has 70 valence electrons. The highest BCUT2D eigenvalue weighted by Crippen LogP contribution is 2.36. The summed E-state index contributed by atoms with van der Waals surface area (Å²) >= 11 is 0. The van der Waals surface area contributed by atoms with Gasteiger partial charge in [-0.2, -0.15) is 0 Å². The monoisotopic (exact) mass is 169 g/mol. The van der Waals surface area contributed by atoms with E-state index in [2.05, 4.69) is 12.2 Å². The van der Waals surface area contributed by atoms with Crippen molar-refractivity contribution in [2.24, 2.45) is 0 Å². The first-order valence-electron chi connectivity index (χ1n) is 5.26. The lowest BCUT2D eigenvalue weighted by Gasteiger charge is -2.48. The Morgan fingerprint density at radius 1 is 1.50 bits per heavy atom. The summed E-state index contributed by atoms with van der Waals surface area (Å²) < 4.78 is 5.77. The number of ether oxygens (including phenoxy) is 1. The predicted octanol–water partition coefficient (Wildman–Crippen LogP) is 2.05. The number of hydrogen-bond donors (Lipinski definition) is 1. The standard InChI is InChI=1S/C10H19NO/c1-2-4-9-5-8-12-10(11-9)6-3-7-10/h9,11H,2-8H2,1H3. The summed E-state index contributed by atoms with van der Waals surface area (Å²) in [6.07, 6.45) is 7.60. The van der Waals surface area contributed by atoms with Crippen LogP contribution >= 0.6 is 0 Å². The minimum absolute atomic E-state index is 0.123. The van der Waals surface area contributed by atoms with Gasteiger partial charge in [-0.25, -0.2) is 0 Å². The average molecular weight is 169 g/mol. The van der Waals surface area contributed by atoms with Crippen molar-refractivity contribution in [3.63, 3.8) is 0 Å². The topological polar surface area (TPSA) is 21.3 Å². The molecule has 1 unspecified atom stereocenters. The zero-order valence-corrected chi connectivity index (χ0v) is 7.94. The van der Waals surface area contributed by atoms with Crippen LogP contribution in [0.25, 0.3) is 0 Å². The van der Waals surface area contributed by atoms with Crippen LogP contribution in [0.4, 0.5) is 0 Å². The first-order chi connectivity index (χ1) is 5.85. The van der Waals surface area contributed by atoms with Crippen molar-refractivity contribution in [3.05, 3.63) is 0 Å². The first kappa shape index (κ1) is 8.52. The zero-order chi connectivity index (χ0) is 8.44. The van der Waals surface area contributed by atoms with Crippen LogP contribution in [-0.2, 0) is 4.74 Å². The highest BCUT2D eigenvalue weighted by molar-refractivity contribution is 4.92. The minimum Gasteiger partial charge on any atom is -0.361 e. The van der Waals surface area contributed by atoms with Gasteiger partial charge in [-0.05, 0) is 32.1 Å². The van der Waals surface area contributed by atoms with E-state index in [-0.39, 0.29) is 5.72 Å². The van der Waals surface area contributed by atoms with Gasteiger partial charge in [0.2, 0.25) is 0 Å². The molecule has 1 saturated heterocycles. The molecule has 2 heteroatoms. The van der Waals surface area contributed by atoms with E-state index in [9.17, 15) is 0 Å². The van der Waals surface area contributed by atoms with Gasteiger partial charge in [0.05, 0.1) is 6.61 Å². The van der Waals surface area contributed by atoms with E-state index in [1.165, 1.54) is 38.5 Å². The van der Waals surface area contributed by atoms with Crippen molar-refractivity contribution >= 4 is 0 Å². The molecule has 0 aromatic heterocycles. The summed E-state index contributed by atoms with van der Waals surface area (Å²) in [6, 6.07) is 0.726. The maximum absolute atomic E-state index is 5.77. The summed E-state index contributed by atoms with van der Waals surface area (Å²) in [6.45, 7) is 3.22. The van der Waals surface area contributed by atoms with E-state index in [0.717, 1.165) is 12.6 Å². The molecule has 2 aliphatic rings. The molecule has 1 saturated carbocycles. The van der Waals surface area contributed by atoms with E-state index in [4.69, 9.17) is 4.74 Å². The van der Waals surface area contributed by atoms with Crippen LogP contribution in [0.2, 0.25) is 0 Å². The lowest BCUT2D eigenvalue weighted by Crippen LogP contribution is -2.60. The van der Waals surface area contributed by atoms with Crippen molar-refractivity contribution in [2.75, 3.05) is 6.61 Å². The summed E-state index contributed by atoms with van der Waals surface area (Å²) in [7, 11) is 0. The maximum Gasteiger partial charge on any atom is 0.119 e. The van der Waals surface area contributed by atoms with Gasteiger partial charge < -0.3 is 4.74 Å². The second kappa shape index (κ2) is 3.35. The van der Waals surface area contributed by atoms with E-state index in [0.29, 0.717) is 0 Å². The molecule has 1 atom stereocenters. The summed E-state index contributed by atoms with van der Waals surface area (Å²) in [5.41, 5.74) is 0.123. The Hall–Kier alpha value is -0.0800. The van der Waals surface area contributed by atoms with E-state index in [1.807, 2.05) is 0 Å². The molecule has 0 amide bonds. The molecule has 1 N–H and O–H groups in total. The lowest BCUT2D eigenvalue weighted by atomic mass is 9.85. The van der Waals surface area contributed by atoms with E-state index >= 15 is 0 Å². The molecular weight excluding hydrogens is 150 g/mol. The molecule has 0 radical (unpaired) electrons. The molecule has 2 fully saturated rings. The largest absolute Gasteiger partial charge is 0.361 e. The molecule has 12 heavy (non-hydrogen) atoms. The van der Waals surface area contributed by atoms with Gasteiger partial charge in [0.25, 0.3) is 0 Å². The summed E-state index contributed by atoms with van der Waals surface area (Å²) in [4.78, 5) is 0. The second-order valence-electron chi connectivity index (χ2n) is 4.11. The van der Waals surface area contributed by atoms with Crippen molar-refractivity contribution in [3.8, 4) is 0 Å². The Bertz CT molecular complexity index is 152. The Morgan fingerprint density at radius 3 is 2.92 bits per heavy atom. The fourth-order valence-electron chi connectivity index (χ4n) is 2.23. The Kier molecular flexibility index (Phi) is 2.37. The lowest BCUT2D eigenvalue weighted by molar-refractivity contribution is -0.157. The molecule has 0 aromatic rings. The second-order valence-corrected chi connectivity index (χ2v) is 4.11. The molecule has 1 heterocycles. The third kappa shape index (κ3) is 1.50. The van der Waals surface area contributed by atoms with Crippen LogP contribution < -0.4 is 5.32 Å². The molecule has 0 aromatic carbocycles. The van der Waals surface area contributed by atoms with Gasteiger partial charge in [-0.15, -0.1) is 0 Å². The number of nitrogens with one attached hydrogen (secondary N) is 1. The third-order valence-corrected chi connectivity index (χ3v) is 3.11. The summed E-state index contributed by atoms with van der Waals surface area (Å²) in [5, 5.41) is 3.64. The minimum atomic E-state index is 0.123. The summed E-state index contributed by atoms with van der Waals surface area (Å²) in [5.74, 6) is 0. The smallest absolute Gasteiger partial charge is 0.119 e. The van der Waals surface area contributed by atoms with Crippen LogP contribution in [0, 0.1) is 0 Å². The molecule has 1 aliphatic carbocycles. The number of hydrogen-bond acceptors (Lipinski definition) is 2. The van der Waals surface area contributed by atoms with Crippen molar-refractivity contribution in [1.82, 2.24) is 5.32 Å². The molecular formula is C10H19NO. The van der Waals surface area contributed by atoms with Crippen molar-refractivity contribution in [2.45, 2.75) is 57.2 Å². The number of rotatable bonds is 2. The highest BCUT2D eigenvalue weighted by Gasteiger charge is 2.41. The van der Waals surface area contributed by atoms with Crippen LogP contribution in [0.3, 0.4) is 0 Å². The molecule has 1 spiro atoms. The first-order valence-corrected chi connectivity index (χ1v) is 5.26. The van der Waals surface area contributed by atoms with Crippen LogP contribution in [0.15, 0.2) is 0 Å². The van der Waals surface area contributed by atoms with Crippen molar-refractivity contribution < 1.29 is 4.74 Å². The van der Waals surface area contributed by atoms with Crippen LogP contribution in [-0.4, -0.2) is 18.4 Å². The molecule has 1 aliphatic heterocycles. The maximum atomic E-state index is 5.77. The van der Waals surface area contributed by atoms with Crippen LogP contribution in [0.1, 0.15) is 45.4 Å². The SMILES string of the molecule is CCCC1CCOC2(CCC2)N1. The fourth-order valence-corrected chi connectivity index (χ4v) is 2.23. The van der Waals surface area contributed by atoms with Gasteiger partial charge in [0.15, 0.2) is 0 Å². The van der Waals surface area contributed by atoms with Gasteiger partial charge in [-0.1, -0.05) is 13.3 Å².